The zero-order valence-corrected chi connectivity index (χ0v) is 15.0. The summed E-state index contributed by atoms with van der Waals surface area (Å²) in [5, 5.41) is 5.74. The first-order valence-corrected chi connectivity index (χ1v) is 8.84. The summed E-state index contributed by atoms with van der Waals surface area (Å²) < 4.78 is 0. The number of nitrogens with one attached hydrogen (secondary N) is 1. The van der Waals surface area contributed by atoms with E-state index in [2.05, 4.69) is 5.32 Å². The van der Waals surface area contributed by atoms with Crippen LogP contribution in [0.15, 0.2) is 41.3 Å². The molecule has 0 aromatic heterocycles. The van der Waals surface area contributed by atoms with Crippen molar-refractivity contribution in [2.24, 2.45) is 11.7 Å². The van der Waals surface area contributed by atoms with Crippen LogP contribution in [-0.2, 0) is 4.79 Å². The van der Waals surface area contributed by atoms with E-state index in [1.807, 2.05) is 36.4 Å². The Morgan fingerprint density at radius 3 is 2.70 bits per heavy atom. The third kappa shape index (κ3) is 4.77. The van der Waals surface area contributed by atoms with Gasteiger partial charge in [-0.2, -0.15) is 0 Å². The minimum Gasteiger partial charge on any atom is -0.354 e. The maximum Gasteiger partial charge on any atom is 0.230 e. The SMILES string of the molecule is Cl.NC(CNC(=O)CSc1cccc2cccc(Cl)c12)C1CC1. The van der Waals surface area contributed by atoms with Gasteiger partial charge >= 0.3 is 0 Å². The van der Waals surface area contributed by atoms with E-state index in [0.717, 1.165) is 20.7 Å². The highest BCUT2D eigenvalue weighted by atomic mass is 35.5. The van der Waals surface area contributed by atoms with Gasteiger partial charge in [-0.25, -0.2) is 0 Å². The van der Waals surface area contributed by atoms with Crippen molar-refractivity contribution in [3.63, 3.8) is 0 Å². The number of halogens is 2. The molecule has 0 bridgehead atoms. The molecule has 2 aromatic rings. The van der Waals surface area contributed by atoms with Crippen LogP contribution < -0.4 is 11.1 Å². The molecule has 1 atom stereocenters. The zero-order chi connectivity index (χ0) is 15.5. The molecule has 2 aromatic carbocycles. The number of hydrogen-bond donors (Lipinski definition) is 2. The van der Waals surface area contributed by atoms with Gasteiger partial charge in [0.05, 0.1) is 5.75 Å². The van der Waals surface area contributed by atoms with E-state index in [-0.39, 0.29) is 24.4 Å². The van der Waals surface area contributed by atoms with E-state index >= 15 is 0 Å². The molecule has 23 heavy (non-hydrogen) atoms. The number of hydrogen-bond acceptors (Lipinski definition) is 3. The fraction of sp³-hybridized carbons (Fsp3) is 0.353. The van der Waals surface area contributed by atoms with Crippen molar-refractivity contribution in [3.05, 3.63) is 41.4 Å². The van der Waals surface area contributed by atoms with Gasteiger partial charge in [-0.15, -0.1) is 24.2 Å². The van der Waals surface area contributed by atoms with E-state index < -0.39 is 0 Å². The Labute approximate surface area is 151 Å². The van der Waals surface area contributed by atoms with Crippen molar-refractivity contribution in [1.29, 1.82) is 0 Å². The number of amides is 1. The lowest BCUT2D eigenvalue weighted by atomic mass is 10.1. The lowest BCUT2D eigenvalue weighted by Crippen LogP contribution is -2.39. The van der Waals surface area contributed by atoms with E-state index in [1.54, 1.807) is 0 Å². The van der Waals surface area contributed by atoms with Gasteiger partial charge in [0.15, 0.2) is 0 Å². The number of carbonyl (C=O) groups excluding carboxylic acids is 1. The standard InChI is InChI=1S/C17H19ClN2OS.ClH/c18-13-5-1-3-12-4-2-6-15(17(12)13)22-10-16(21)20-9-14(19)11-7-8-11;/h1-6,11,14H,7-10,19H2,(H,20,21);1H. The zero-order valence-electron chi connectivity index (χ0n) is 12.6. The molecule has 3 N–H and O–H groups in total. The van der Waals surface area contributed by atoms with Gasteiger partial charge in [0.25, 0.3) is 0 Å². The molecule has 6 heteroatoms. The highest BCUT2D eigenvalue weighted by Crippen LogP contribution is 2.33. The first kappa shape index (κ1) is 18.4. The molecule has 124 valence electrons. The summed E-state index contributed by atoms with van der Waals surface area (Å²) in [6, 6.07) is 12.0. The largest absolute Gasteiger partial charge is 0.354 e. The monoisotopic (exact) mass is 370 g/mol. The average molecular weight is 371 g/mol. The molecule has 1 fully saturated rings. The topological polar surface area (TPSA) is 55.1 Å². The lowest BCUT2D eigenvalue weighted by molar-refractivity contribution is -0.118. The second kappa shape index (κ2) is 8.25. The van der Waals surface area contributed by atoms with Crippen LogP contribution in [0.3, 0.4) is 0 Å². The van der Waals surface area contributed by atoms with Crippen LogP contribution in [0.4, 0.5) is 0 Å². The van der Waals surface area contributed by atoms with Crippen LogP contribution >= 0.6 is 35.8 Å². The molecule has 0 saturated heterocycles. The van der Waals surface area contributed by atoms with Crippen molar-refractivity contribution < 1.29 is 4.79 Å². The van der Waals surface area contributed by atoms with Crippen molar-refractivity contribution in [1.82, 2.24) is 5.32 Å². The van der Waals surface area contributed by atoms with Crippen LogP contribution in [0.5, 0.6) is 0 Å². The molecule has 1 saturated carbocycles. The minimum absolute atomic E-state index is 0. The summed E-state index contributed by atoms with van der Waals surface area (Å²) in [6.45, 7) is 0.570. The Balaban J connectivity index is 0.00000192. The molecule has 0 radical (unpaired) electrons. The van der Waals surface area contributed by atoms with Gasteiger partial charge in [0.2, 0.25) is 5.91 Å². The Hall–Kier alpha value is -0.940. The van der Waals surface area contributed by atoms with Gasteiger partial charge in [-0.1, -0.05) is 35.9 Å². The maximum absolute atomic E-state index is 12.0. The van der Waals surface area contributed by atoms with Crippen LogP contribution in [0.1, 0.15) is 12.8 Å². The quantitative estimate of drug-likeness (QED) is 0.759. The number of benzene rings is 2. The number of rotatable bonds is 6. The molecule has 3 nitrogen and oxygen atoms in total. The Bertz CT molecular complexity index is 686. The maximum atomic E-state index is 12.0. The second-order valence-electron chi connectivity index (χ2n) is 5.69. The van der Waals surface area contributed by atoms with Gasteiger partial charge in [0, 0.05) is 27.9 Å². The fourth-order valence-electron chi connectivity index (χ4n) is 2.50. The molecular weight excluding hydrogens is 351 g/mol. The van der Waals surface area contributed by atoms with Gasteiger partial charge in [-0.05, 0) is 36.3 Å². The van der Waals surface area contributed by atoms with Crippen LogP contribution in [-0.4, -0.2) is 24.2 Å². The number of carbonyl (C=O) groups is 1. The van der Waals surface area contributed by atoms with Crippen molar-refractivity contribution in [2.75, 3.05) is 12.3 Å². The van der Waals surface area contributed by atoms with E-state index in [4.69, 9.17) is 17.3 Å². The van der Waals surface area contributed by atoms with Gasteiger partial charge in [0.1, 0.15) is 0 Å². The summed E-state index contributed by atoms with van der Waals surface area (Å²) in [5.41, 5.74) is 5.99. The van der Waals surface area contributed by atoms with E-state index in [0.29, 0.717) is 18.2 Å². The summed E-state index contributed by atoms with van der Waals surface area (Å²) in [7, 11) is 0. The highest BCUT2D eigenvalue weighted by Gasteiger charge is 2.28. The molecule has 1 unspecified atom stereocenters. The van der Waals surface area contributed by atoms with E-state index in [9.17, 15) is 4.79 Å². The summed E-state index contributed by atoms with van der Waals surface area (Å²) in [5.74, 6) is 0.997. The smallest absolute Gasteiger partial charge is 0.230 e. The van der Waals surface area contributed by atoms with Gasteiger partial charge < -0.3 is 11.1 Å². The van der Waals surface area contributed by atoms with Crippen LogP contribution in [0.25, 0.3) is 10.8 Å². The number of thioether (sulfide) groups is 1. The third-order valence-electron chi connectivity index (χ3n) is 3.94. The number of fused-ring (bicyclic) bond motifs is 1. The van der Waals surface area contributed by atoms with Crippen LogP contribution in [0.2, 0.25) is 5.02 Å². The highest BCUT2D eigenvalue weighted by molar-refractivity contribution is 8.00. The first-order chi connectivity index (χ1) is 10.6. The third-order valence-corrected chi connectivity index (χ3v) is 5.31. The molecular formula is C17H20Cl2N2OS. The lowest BCUT2D eigenvalue weighted by Gasteiger charge is -2.12. The molecule has 0 aliphatic heterocycles. The molecule has 1 aliphatic rings. The van der Waals surface area contributed by atoms with Crippen molar-refractivity contribution >= 4 is 52.4 Å². The normalized spacial score (nSPS) is 15.0. The summed E-state index contributed by atoms with van der Waals surface area (Å²) >= 11 is 7.80. The molecule has 3 rings (SSSR count). The van der Waals surface area contributed by atoms with Crippen molar-refractivity contribution in [3.8, 4) is 0 Å². The van der Waals surface area contributed by atoms with E-state index in [1.165, 1.54) is 24.6 Å². The fourth-order valence-corrected chi connectivity index (χ4v) is 3.77. The second-order valence-corrected chi connectivity index (χ2v) is 7.11. The summed E-state index contributed by atoms with van der Waals surface area (Å²) in [4.78, 5) is 13.0. The summed E-state index contributed by atoms with van der Waals surface area (Å²) in [6.07, 6.45) is 2.39. The molecule has 1 amide bonds. The van der Waals surface area contributed by atoms with Gasteiger partial charge in [-0.3, -0.25) is 4.79 Å². The average Bonchev–Trinajstić information content (AvgIpc) is 3.35. The first-order valence-electron chi connectivity index (χ1n) is 7.47. The Kier molecular flexibility index (Phi) is 6.60. The van der Waals surface area contributed by atoms with Crippen molar-refractivity contribution in [2.45, 2.75) is 23.8 Å². The predicted octanol–water partition coefficient (Wildman–Crippen LogP) is 3.86. The predicted molar refractivity (Wildman–Crippen MR) is 101 cm³/mol. The Morgan fingerprint density at radius 1 is 1.30 bits per heavy atom. The van der Waals surface area contributed by atoms with Crippen LogP contribution in [0, 0.1) is 5.92 Å². The number of nitrogens with two attached hydrogens (primary N) is 1. The molecule has 0 spiro atoms. The minimum atomic E-state index is 0. The molecule has 0 heterocycles. The molecule has 1 aliphatic carbocycles. The Morgan fingerprint density at radius 2 is 2.00 bits per heavy atom.